The maximum Gasteiger partial charge on any atom is 0.407 e. The SMILES string of the molecule is CC1(C(=O)O)CCN(C(=O)[C@@H]2[C@H](CNC(=O)OCC3c4ccccc4-c4ccccc43)C2(F)F)C1. The van der Waals surface area contributed by atoms with Crippen LogP contribution in [0.5, 0.6) is 0 Å². The minimum absolute atomic E-state index is 0.0603. The highest BCUT2D eigenvalue weighted by Crippen LogP contribution is 2.56. The van der Waals surface area contributed by atoms with Crippen molar-refractivity contribution < 1.29 is 33.0 Å². The number of fused-ring (bicyclic) bond motifs is 3. The molecule has 2 aliphatic carbocycles. The molecule has 0 aromatic heterocycles. The second kappa shape index (κ2) is 8.32. The molecule has 0 spiro atoms. The van der Waals surface area contributed by atoms with E-state index in [2.05, 4.69) is 5.32 Å². The molecule has 2 fully saturated rings. The lowest BCUT2D eigenvalue weighted by molar-refractivity contribution is -0.147. The Hall–Kier alpha value is -3.49. The van der Waals surface area contributed by atoms with Gasteiger partial charge in [0.25, 0.3) is 5.92 Å². The van der Waals surface area contributed by atoms with E-state index in [-0.39, 0.29) is 32.0 Å². The molecule has 3 aliphatic rings. The molecule has 0 radical (unpaired) electrons. The molecule has 1 unspecified atom stereocenters. The van der Waals surface area contributed by atoms with Crippen molar-refractivity contribution in [2.45, 2.75) is 25.2 Å². The number of nitrogens with one attached hydrogen (secondary N) is 1. The summed E-state index contributed by atoms with van der Waals surface area (Å²) in [5, 5.41) is 11.7. The summed E-state index contributed by atoms with van der Waals surface area (Å²) in [5.74, 6) is -8.12. The number of aliphatic carboxylic acids is 1. The number of ether oxygens (including phenoxy) is 1. The second-order valence-electron chi connectivity index (χ2n) is 9.84. The number of hydrogen-bond donors (Lipinski definition) is 2. The molecule has 1 saturated carbocycles. The Morgan fingerprint density at radius 3 is 2.26 bits per heavy atom. The van der Waals surface area contributed by atoms with Gasteiger partial charge in [0.15, 0.2) is 0 Å². The van der Waals surface area contributed by atoms with E-state index < -0.39 is 47.7 Å². The quantitative estimate of drug-likeness (QED) is 0.652. The van der Waals surface area contributed by atoms with Crippen molar-refractivity contribution in [2.75, 3.05) is 26.2 Å². The zero-order chi connectivity index (χ0) is 25.0. The van der Waals surface area contributed by atoms with E-state index in [1.165, 1.54) is 11.8 Å². The fraction of sp³-hybridized carbons (Fsp3) is 0.423. The van der Waals surface area contributed by atoms with Gasteiger partial charge < -0.3 is 20.1 Å². The van der Waals surface area contributed by atoms with Gasteiger partial charge in [0.1, 0.15) is 12.5 Å². The second-order valence-corrected chi connectivity index (χ2v) is 9.84. The number of likely N-dealkylation sites (tertiary alicyclic amines) is 1. The van der Waals surface area contributed by atoms with E-state index in [1.54, 1.807) is 0 Å². The van der Waals surface area contributed by atoms with Gasteiger partial charge in [0.2, 0.25) is 5.91 Å². The number of carboxylic acid groups (broad SMARTS) is 1. The average Bonchev–Trinajstić information content (AvgIpc) is 3.12. The Labute approximate surface area is 201 Å². The minimum Gasteiger partial charge on any atom is -0.481 e. The largest absolute Gasteiger partial charge is 0.481 e. The standard InChI is InChI=1S/C26H26F2N2O5/c1-25(23(32)33)10-11-30(14-25)22(31)21-20(26(21,27)28)12-29-24(34)35-13-19-17-8-4-2-6-15(17)16-7-3-5-9-18(16)19/h2-9,19-21H,10-14H2,1H3,(H,29,34)(H,32,33)/t20-,21-,25?/m0/s1. The van der Waals surface area contributed by atoms with E-state index in [0.29, 0.717) is 0 Å². The van der Waals surface area contributed by atoms with E-state index in [0.717, 1.165) is 22.3 Å². The zero-order valence-corrected chi connectivity index (χ0v) is 19.2. The van der Waals surface area contributed by atoms with Crippen LogP contribution in [0.25, 0.3) is 11.1 Å². The average molecular weight is 484 g/mol. The van der Waals surface area contributed by atoms with E-state index in [1.807, 2.05) is 48.5 Å². The number of alkyl carbamates (subject to hydrolysis) is 1. The molecule has 7 nitrogen and oxygen atoms in total. The van der Waals surface area contributed by atoms with Crippen LogP contribution in [0, 0.1) is 17.3 Å². The molecular formula is C26H26F2N2O5. The molecule has 184 valence electrons. The Morgan fingerprint density at radius 2 is 1.69 bits per heavy atom. The summed E-state index contributed by atoms with van der Waals surface area (Å²) in [6.07, 6.45) is -0.602. The lowest BCUT2D eigenvalue weighted by atomic mass is 9.90. The normalized spacial score (nSPS) is 26.1. The van der Waals surface area contributed by atoms with Crippen molar-refractivity contribution in [3.05, 3.63) is 59.7 Å². The van der Waals surface area contributed by atoms with Crippen LogP contribution in [-0.2, 0) is 14.3 Å². The number of carbonyl (C=O) groups is 3. The number of alkyl halides is 2. The molecular weight excluding hydrogens is 458 g/mol. The van der Waals surface area contributed by atoms with Gasteiger partial charge in [-0.25, -0.2) is 13.6 Å². The Kier molecular flexibility index (Phi) is 5.53. The van der Waals surface area contributed by atoms with Crippen LogP contribution in [-0.4, -0.2) is 60.1 Å². The molecule has 1 heterocycles. The maximum absolute atomic E-state index is 14.4. The molecule has 35 heavy (non-hydrogen) atoms. The first-order valence-electron chi connectivity index (χ1n) is 11.6. The summed E-state index contributed by atoms with van der Waals surface area (Å²) in [4.78, 5) is 37.5. The van der Waals surface area contributed by atoms with Crippen LogP contribution in [0.15, 0.2) is 48.5 Å². The molecule has 2 amide bonds. The Morgan fingerprint density at radius 1 is 1.09 bits per heavy atom. The number of carbonyl (C=O) groups excluding carboxylic acids is 2. The van der Waals surface area contributed by atoms with E-state index in [9.17, 15) is 28.3 Å². The number of benzene rings is 2. The van der Waals surface area contributed by atoms with Crippen LogP contribution in [0.4, 0.5) is 13.6 Å². The van der Waals surface area contributed by atoms with Crippen LogP contribution in [0.2, 0.25) is 0 Å². The Bertz CT molecular complexity index is 1160. The number of halogens is 2. The summed E-state index contributed by atoms with van der Waals surface area (Å²) < 4.78 is 34.1. The minimum atomic E-state index is -3.25. The number of nitrogens with zero attached hydrogens (tertiary/aromatic N) is 1. The maximum atomic E-state index is 14.4. The first-order chi connectivity index (χ1) is 16.6. The summed E-state index contributed by atoms with van der Waals surface area (Å²) in [7, 11) is 0. The van der Waals surface area contributed by atoms with Gasteiger partial charge in [-0.15, -0.1) is 0 Å². The third kappa shape index (κ3) is 3.92. The number of carboxylic acids is 1. The van der Waals surface area contributed by atoms with Gasteiger partial charge in [-0.1, -0.05) is 48.5 Å². The van der Waals surface area contributed by atoms with Crippen molar-refractivity contribution in [3.8, 4) is 11.1 Å². The molecule has 1 saturated heterocycles. The summed E-state index contributed by atoms with van der Waals surface area (Å²) >= 11 is 0. The van der Waals surface area contributed by atoms with Gasteiger partial charge in [-0.2, -0.15) is 0 Å². The fourth-order valence-electron chi connectivity index (χ4n) is 5.34. The van der Waals surface area contributed by atoms with Gasteiger partial charge in [0.05, 0.1) is 11.3 Å². The molecule has 0 bridgehead atoms. The lowest BCUT2D eigenvalue weighted by Gasteiger charge is -2.20. The lowest BCUT2D eigenvalue weighted by Crippen LogP contribution is -2.36. The molecule has 3 atom stereocenters. The van der Waals surface area contributed by atoms with Gasteiger partial charge in [-0.05, 0) is 35.6 Å². The molecule has 2 aromatic rings. The fourth-order valence-corrected chi connectivity index (χ4v) is 5.34. The van der Waals surface area contributed by atoms with Crippen molar-refractivity contribution in [3.63, 3.8) is 0 Å². The molecule has 2 aromatic carbocycles. The number of rotatable bonds is 6. The highest BCUT2D eigenvalue weighted by atomic mass is 19.3. The highest BCUT2D eigenvalue weighted by Gasteiger charge is 2.72. The zero-order valence-electron chi connectivity index (χ0n) is 19.2. The van der Waals surface area contributed by atoms with Crippen molar-refractivity contribution in [1.82, 2.24) is 10.2 Å². The third-order valence-corrected chi connectivity index (χ3v) is 7.58. The monoisotopic (exact) mass is 484 g/mol. The summed E-state index contributed by atoms with van der Waals surface area (Å²) in [6.45, 7) is 1.19. The summed E-state index contributed by atoms with van der Waals surface area (Å²) in [6, 6.07) is 15.7. The molecule has 5 rings (SSSR count). The molecule has 1 aliphatic heterocycles. The third-order valence-electron chi connectivity index (χ3n) is 7.58. The van der Waals surface area contributed by atoms with Crippen molar-refractivity contribution in [1.29, 1.82) is 0 Å². The van der Waals surface area contributed by atoms with Gasteiger partial charge >= 0.3 is 12.1 Å². The predicted octanol–water partition coefficient (Wildman–Crippen LogP) is 3.73. The van der Waals surface area contributed by atoms with Crippen molar-refractivity contribution >= 4 is 18.0 Å². The number of hydrogen-bond acceptors (Lipinski definition) is 4. The highest BCUT2D eigenvalue weighted by molar-refractivity contribution is 5.86. The van der Waals surface area contributed by atoms with Gasteiger partial charge in [0, 0.05) is 25.6 Å². The Balaban J connectivity index is 1.16. The van der Waals surface area contributed by atoms with Gasteiger partial charge in [-0.3, -0.25) is 9.59 Å². The molecule has 2 N–H and O–H groups in total. The topological polar surface area (TPSA) is 95.9 Å². The van der Waals surface area contributed by atoms with E-state index >= 15 is 0 Å². The first-order valence-corrected chi connectivity index (χ1v) is 11.6. The number of amides is 2. The smallest absolute Gasteiger partial charge is 0.407 e. The predicted molar refractivity (Wildman–Crippen MR) is 122 cm³/mol. The van der Waals surface area contributed by atoms with Crippen LogP contribution in [0.3, 0.4) is 0 Å². The van der Waals surface area contributed by atoms with Crippen LogP contribution < -0.4 is 5.32 Å². The van der Waals surface area contributed by atoms with Crippen LogP contribution >= 0.6 is 0 Å². The van der Waals surface area contributed by atoms with E-state index in [4.69, 9.17) is 4.74 Å². The van der Waals surface area contributed by atoms with Crippen molar-refractivity contribution in [2.24, 2.45) is 17.3 Å². The molecule has 9 heteroatoms. The summed E-state index contributed by atoms with van der Waals surface area (Å²) in [5.41, 5.74) is 3.11. The first kappa shape index (κ1) is 23.3. The van der Waals surface area contributed by atoms with Crippen LogP contribution in [0.1, 0.15) is 30.4 Å².